The monoisotopic (exact) mass is 338 g/mol. The number of hydrogen-bond donors (Lipinski definition) is 1. The van der Waals surface area contributed by atoms with Crippen LogP contribution in [0.25, 0.3) is 10.9 Å². The van der Waals surface area contributed by atoms with Gasteiger partial charge in [-0.15, -0.1) is 0 Å². The van der Waals surface area contributed by atoms with Gasteiger partial charge in [-0.25, -0.2) is 4.98 Å². The zero-order valence-corrected chi connectivity index (χ0v) is 14.1. The van der Waals surface area contributed by atoms with Crippen molar-refractivity contribution in [1.82, 2.24) is 19.4 Å². The van der Waals surface area contributed by atoms with Crippen LogP contribution in [0.15, 0.2) is 49.2 Å². The maximum Gasteiger partial charge on any atom is 0.242 e. The van der Waals surface area contributed by atoms with Gasteiger partial charge >= 0.3 is 0 Å². The van der Waals surface area contributed by atoms with Crippen LogP contribution in [0.5, 0.6) is 0 Å². The molecule has 1 amide bonds. The molecular formula is C19H22N4O2. The number of aromatic amines is 1. The van der Waals surface area contributed by atoms with E-state index in [2.05, 4.69) is 34.2 Å². The summed E-state index contributed by atoms with van der Waals surface area (Å²) in [5.41, 5.74) is 2.43. The Labute approximate surface area is 146 Å². The smallest absolute Gasteiger partial charge is 0.242 e. The molecule has 25 heavy (non-hydrogen) atoms. The number of rotatable bonds is 4. The van der Waals surface area contributed by atoms with Crippen LogP contribution in [0.2, 0.25) is 0 Å². The molecule has 6 nitrogen and oxygen atoms in total. The molecule has 0 radical (unpaired) electrons. The largest absolute Gasteiger partial charge is 0.379 e. The summed E-state index contributed by atoms with van der Waals surface area (Å²) in [6.45, 7) is 3.02. The molecule has 0 saturated carbocycles. The Bertz CT molecular complexity index is 840. The van der Waals surface area contributed by atoms with E-state index in [4.69, 9.17) is 4.74 Å². The fraction of sp³-hybridized carbons (Fsp3) is 0.368. The molecule has 130 valence electrons. The van der Waals surface area contributed by atoms with Gasteiger partial charge in [-0.2, -0.15) is 0 Å². The first-order valence-electron chi connectivity index (χ1n) is 8.65. The van der Waals surface area contributed by atoms with Gasteiger partial charge in [0.15, 0.2) is 0 Å². The number of ether oxygens (including phenoxy) is 1. The van der Waals surface area contributed by atoms with E-state index in [1.165, 1.54) is 10.9 Å². The van der Waals surface area contributed by atoms with Gasteiger partial charge in [-0.1, -0.05) is 6.07 Å². The Kier molecular flexibility index (Phi) is 4.52. The van der Waals surface area contributed by atoms with Crippen LogP contribution < -0.4 is 0 Å². The average Bonchev–Trinajstić information content (AvgIpc) is 3.23. The average molecular weight is 338 g/mol. The summed E-state index contributed by atoms with van der Waals surface area (Å²) in [4.78, 5) is 21.7. The quantitative estimate of drug-likeness (QED) is 0.792. The molecule has 6 heteroatoms. The number of nitrogens with zero attached hydrogens (tertiary/aromatic N) is 3. The maximum atomic E-state index is 12.6. The van der Waals surface area contributed by atoms with E-state index >= 15 is 0 Å². The minimum absolute atomic E-state index is 0.120. The van der Waals surface area contributed by atoms with Gasteiger partial charge in [0, 0.05) is 43.1 Å². The maximum absolute atomic E-state index is 12.6. The van der Waals surface area contributed by atoms with Crippen LogP contribution in [0, 0.1) is 5.92 Å². The highest BCUT2D eigenvalue weighted by Crippen LogP contribution is 2.19. The first kappa shape index (κ1) is 15.9. The zero-order valence-electron chi connectivity index (χ0n) is 14.1. The first-order valence-corrected chi connectivity index (χ1v) is 8.65. The molecular weight excluding hydrogens is 316 g/mol. The topological polar surface area (TPSA) is 63.1 Å². The lowest BCUT2D eigenvalue weighted by Gasteiger charge is -2.24. The van der Waals surface area contributed by atoms with Crippen LogP contribution >= 0.6 is 0 Å². The number of hydrogen-bond acceptors (Lipinski definition) is 3. The van der Waals surface area contributed by atoms with E-state index in [0.717, 1.165) is 18.5 Å². The van der Waals surface area contributed by atoms with Crippen molar-refractivity contribution in [2.24, 2.45) is 5.92 Å². The molecule has 1 aromatic carbocycles. The highest BCUT2D eigenvalue weighted by molar-refractivity contribution is 5.80. The second-order valence-electron chi connectivity index (χ2n) is 6.62. The lowest BCUT2D eigenvalue weighted by atomic mass is 9.98. The molecule has 1 atom stereocenters. The first-order chi connectivity index (χ1) is 12.3. The van der Waals surface area contributed by atoms with E-state index in [-0.39, 0.29) is 5.91 Å². The van der Waals surface area contributed by atoms with Crippen molar-refractivity contribution in [2.45, 2.75) is 13.0 Å². The molecule has 4 rings (SSSR count). The zero-order chi connectivity index (χ0) is 17.1. The molecule has 0 spiro atoms. The second kappa shape index (κ2) is 7.11. The third kappa shape index (κ3) is 3.74. The van der Waals surface area contributed by atoms with E-state index in [1.54, 1.807) is 12.5 Å². The fourth-order valence-electron chi connectivity index (χ4n) is 3.43. The highest BCUT2D eigenvalue weighted by Gasteiger charge is 2.23. The molecule has 1 aliphatic heterocycles. The number of H-pyrrole nitrogens is 1. The van der Waals surface area contributed by atoms with Crippen molar-refractivity contribution in [1.29, 1.82) is 0 Å². The molecule has 3 aromatic rings. The van der Waals surface area contributed by atoms with Crippen molar-refractivity contribution in [3.8, 4) is 0 Å². The van der Waals surface area contributed by atoms with Gasteiger partial charge < -0.3 is 19.2 Å². The van der Waals surface area contributed by atoms with Crippen LogP contribution in [0.1, 0.15) is 5.56 Å². The Hall–Kier alpha value is -2.60. The van der Waals surface area contributed by atoms with Gasteiger partial charge in [0.1, 0.15) is 6.54 Å². The molecule has 1 N–H and O–H groups in total. The van der Waals surface area contributed by atoms with Crippen LogP contribution in [0.4, 0.5) is 0 Å². The summed E-state index contributed by atoms with van der Waals surface area (Å²) in [7, 11) is 0. The van der Waals surface area contributed by atoms with Crippen LogP contribution in [-0.2, 0) is 22.5 Å². The summed E-state index contributed by atoms with van der Waals surface area (Å²) in [6.07, 6.45) is 8.06. The lowest BCUT2D eigenvalue weighted by molar-refractivity contribution is -0.132. The normalized spacial score (nSPS) is 18.4. The van der Waals surface area contributed by atoms with Crippen molar-refractivity contribution in [2.75, 3.05) is 26.3 Å². The number of nitrogens with one attached hydrogen (secondary N) is 1. The van der Waals surface area contributed by atoms with Crippen molar-refractivity contribution >= 4 is 16.8 Å². The van der Waals surface area contributed by atoms with Crippen LogP contribution in [0.3, 0.4) is 0 Å². The van der Waals surface area contributed by atoms with Gasteiger partial charge in [0.2, 0.25) is 5.91 Å². The van der Waals surface area contributed by atoms with E-state index in [9.17, 15) is 4.79 Å². The van der Waals surface area contributed by atoms with E-state index < -0.39 is 0 Å². The summed E-state index contributed by atoms with van der Waals surface area (Å²) in [5.74, 6) is 0.431. The number of carbonyl (C=O) groups excluding carboxylic acids is 1. The SMILES string of the molecule is O=C(Cn1ccnc1)N1CCOCC(Cc2ccc3[nH]ccc3c2)C1. The van der Waals surface area contributed by atoms with Crippen LogP contribution in [-0.4, -0.2) is 51.6 Å². The Balaban J connectivity index is 1.43. The summed E-state index contributed by atoms with van der Waals surface area (Å²) >= 11 is 0. The Morgan fingerprint density at radius 1 is 1.36 bits per heavy atom. The number of aromatic nitrogens is 3. The number of carbonyl (C=O) groups is 1. The minimum atomic E-state index is 0.120. The summed E-state index contributed by atoms with van der Waals surface area (Å²) in [5, 5.41) is 1.22. The van der Waals surface area contributed by atoms with E-state index in [1.807, 2.05) is 21.9 Å². The molecule has 1 aliphatic rings. The third-order valence-electron chi connectivity index (χ3n) is 4.71. The van der Waals surface area contributed by atoms with Gasteiger partial charge in [-0.3, -0.25) is 4.79 Å². The molecule has 0 bridgehead atoms. The third-order valence-corrected chi connectivity index (χ3v) is 4.71. The number of imidazole rings is 1. The van der Waals surface area contributed by atoms with Gasteiger partial charge in [0.05, 0.1) is 19.5 Å². The van der Waals surface area contributed by atoms with Crippen molar-refractivity contribution in [3.63, 3.8) is 0 Å². The van der Waals surface area contributed by atoms with E-state index in [0.29, 0.717) is 32.2 Å². The highest BCUT2D eigenvalue weighted by atomic mass is 16.5. The second-order valence-corrected chi connectivity index (χ2v) is 6.62. The summed E-state index contributed by atoms with van der Waals surface area (Å²) < 4.78 is 7.56. The molecule has 1 fully saturated rings. The van der Waals surface area contributed by atoms with Crippen molar-refractivity contribution in [3.05, 3.63) is 54.7 Å². The minimum Gasteiger partial charge on any atom is -0.379 e. The Morgan fingerprint density at radius 2 is 2.32 bits per heavy atom. The standard InChI is InChI=1S/C19H22N4O2/c24-19(12-22-6-5-20-14-22)23-7-8-25-13-16(11-23)9-15-1-2-18-17(10-15)3-4-21-18/h1-6,10,14,16,21H,7-9,11-13H2. The molecule has 3 heterocycles. The van der Waals surface area contributed by atoms with Gasteiger partial charge in [0.25, 0.3) is 0 Å². The number of fused-ring (bicyclic) bond motifs is 1. The lowest BCUT2D eigenvalue weighted by Crippen LogP contribution is -2.38. The molecule has 0 aliphatic carbocycles. The van der Waals surface area contributed by atoms with Crippen molar-refractivity contribution < 1.29 is 9.53 Å². The van der Waals surface area contributed by atoms with Gasteiger partial charge in [-0.05, 0) is 35.6 Å². The predicted octanol–water partition coefficient (Wildman–Crippen LogP) is 2.08. The number of benzene rings is 1. The molecule has 2 aromatic heterocycles. The summed E-state index contributed by atoms with van der Waals surface area (Å²) in [6, 6.07) is 8.57. The Morgan fingerprint density at radius 3 is 3.20 bits per heavy atom. The fourth-order valence-corrected chi connectivity index (χ4v) is 3.43. The molecule has 1 saturated heterocycles. The predicted molar refractivity (Wildman–Crippen MR) is 95.1 cm³/mol. The number of amides is 1. The molecule has 1 unspecified atom stereocenters.